The number of alkyl halides is 3. The van der Waals surface area contributed by atoms with Crippen LogP contribution in [0.1, 0.15) is 64.1 Å². The van der Waals surface area contributed by atoms with Crippen LogP contribution >= 0.6 is 0 Å². The molecule has 2 unspecified atom stereocenters. The summed E-state index contributed by atoms with van der Waals surface area (Å²) >= 11 is 0. The van der Waals surface area contributed by atoms with E-state index in [1.165, 1.54) is 0 Å². The topological polar surface area (TPSA) is 75.3 Å². The summed E-state index contributed by atoms with van der Waals surface area (Å²) in [5.74, 6) is 0.675. The van der Waals surface area contributed by atoms with Crippen LogP contribution in [0.5, 0.6) is 0 Å². The molecule has 1 aromatic heterocycles. The van der Waals surface area contributed by atoms with Crippen molar-refractivity contribution in [2.75, 3.05) is 13.1 Å². The number of rotatable bonds is 6. The number of aliphatic imine (C=N–C) groups is 1. The number of aromatic nitrogens is 2. The molecule has 0 aliphatic heterocycles. The van der Waals surface area contributed by atoms with Crippen molar-refractivity contribution in [1.29, 1.82) is 0 Å². The third-order valence-electron chi connectivity index (χ3n) is 4.42. The van der Waals surface area contributed by atoms with E-state index in [1.54, 1.807) is 0 Å². The SMILES string of the molecule is CCNC(=NCCc1nc(C(C)C)no1)NC1CCCC(C(F)(F)F)C1. The first-order valence-corrected chi connectivity index (χ1v) is 9.23. The van der Waals surface area contributed by atoms with Gasteiger partial charge in [0.15, 0.2) is 11.8 Å². The largest absolute Gasteiger partial charge is 0.391 e. The molecule has 6 nitrogen and oxygen atoms in total. The average molecular weight is 375 g/mol. The molecule has 1 aliphatic carbocycles. The zero-order valence-corrected chi connectivity index (χ0v) is 15.6. The first kappa shape index (κ1) is 20.5. The highest BCUT2D eigenvalue weighted by molar-refractivity contribution is 5.80. The summed E-state index contributed by atoms with van der Waals surface area (Å²) in [6, 6.07) is -0.218. The van der Waals surface area contributed by atoms with Gasteiger partial charge in [-0.1, -0.05) is 25.4 Å². The van der Waals surface area contributed by atoms with Crippen molar-refractivity contribution in [2.45, 2.75) is 71.0 Å². The predicted octanol–water partition coefficient (Wildman–Crippen LogP) is 3.41. The van der Waals surface area contributed by atoms with Crippen molar-refractivity contribution in [3.05, 3.63) is 11.7 Å². The lowest BCUT2D eigenvalue weighted by atomic mass is 9.85. The minimum Gasteiger partial charge on any atom is -0.357 e. The van der Waals surface area contributed by atoms with E-state index in [0.29, 0.717) is 43.6 Å². The van der Waals surface area contributed by atoms with Crippen molar-refractivity contribution in [3.8, 4) is 0 Å². The number of nitrogens with one attached hydrogen (secondary N) is 2. The van der Waals surface area contributed by atoms with Crippen molar-refractivity contribution < 1.29 is 17.7 Å². The fraction of sp³-hybridized carbons (Fsp3) is 0.824. The summed E-state index contributed by atoms with van der Waals surface area (Å²) in [7, 11) is 0. The molecule has 1 saturated carbocycles. The van der Waals surface area contributed by atoms with Crippen LogP contribution in [0.15, 0.2) is 9.52 Å². The van der Waals surface area contributed by atoms with E-state index in [-0.39, 0.29) is 24.8 Å². The van der Waals surface area contributed by atoms with E-state index >= 15 is 0 Å². The lowest BCUT2D eigenvalue weighted by Crippen LogP contribution is -2.46. The third-order valence-corrected chi connectivity index (χ3v) is 4.42. The van der Waals surface area contributed by atoms with Crippen LogP contribution in [0.4, 0.5) is 13.2 Å². The molecule has 1 fully saturated rings. The fourth-order valence-electron chi connectivity index (χ4n) is 3.00. The van der Waals surface area contributed by atoms with Crippen molar-refractivity contribution in [3.63, 3.8) is 0 Å². The smallest absolute Gasteiger partial charge is 0.357 e. The summed E-state index contributed by atoms with van der Waals surface area (Å²) in [5, 5.41) is 10.1. The zero-order valence-electron chi connectivity index (χ0n) is 15.6. The second kappa shape index (κ2) is 9.23. The number of halogens is 3. The molecule has 1 aliphatic rings. The number of hydrogen-bond donors (Lipinski definition) is 2. The van der Waals surface area contributed by atoms with E-state index in [1.807, 2.05) is 20.8 Å². The van der Waals surface area contributed by atoms with Crippen molar-refractivity contribution in [1.82, 2.24) is 20.8 Å². The van der Waals surface area contributed by atoms with Gasteiger partial charge in [-0.25, -0.2) is 0 Å². The molecular weight excluding hydrogens is 347 g/mol. The highest BCUT2D eigenvalue weighted by Gasteiger charge is 2.42. The van der Waals surface area contributed by atoms with Crippen molar-refractivity contribution >= 4 is 5.96 Å². The lowest BCUT2D eigenvalue weighted by molar-refractivity contribution is -0.183. The molecule has 2 atom stereocenters. The molecule has 0 radical (unpaired) electrons. The maximum Gasteiger partial charge on any atom is 0.391 e. The van der Waals surface area contributed by atoms with Gasteiger partial charge >= 0.3 is 6.18 Å². The van der Waals surface area contributed by atoms with E-state index < -0.39 is 12.1 Å². The van der Waals surface area contributed by atoms with Crippen LogP contribution < -0.4 is 10.6 Å². The normalized spacial score (nSPS) is 21.9. The Hall–Kier alpha value is -1.80. The summed E-state index contributed by atoms with van der Waals surface area (Å²) in [6.07, 6.45) is -2.03. The van der Waals surface area contributed by atoms with Crippen LogP contribution in [-0.2, 0) is 6.42 Å². The summed E-state index contributed by atoms with van der Waals surface area (Å²) in [4.78, 5) is 8.72. The molecule has 148 valence electrons. The molecule has 9 heteroatoms. The van der Waals surface area contributed by atoms with E-state index in [0.717, 1.165) is 6.42 Å². The highest BCUT2D eigenvalue weighted by atomic mass is 19.4. The molecular formula is C17H28F3N5O. The number of hydrogen-bond acceptors (Lipinski definition) is 4. The van der Waals surface area contributed by atoms with Crippen LogP contribution in [-0.4, -0.2) is 41.4 Å². The second-order valence-corrected chi connectivity index (χ2v) is 6.96. The molecule has 26 heavy (non-hydrogen) atoms. The fourth-order valence-corrected chi connectivity index (χ4v) is 3.00. The van der Waals surface area contributed by atoms with Crippen LogP contribution in [0, 0.1) is 5.92 Å². The van der Waals surface area contributed by atoms with Crippen LogP contribution in [0.25, 0.3) is 0 Å². The van der Waals surface area contributed by atoms with Gasteiger partial charge in [-0.3, -0.25) is 4.99 Å². The van der Waals surface area contributed by atoms with Gasteiger partial charge in [0.25, 0.3) is 0 Å². The molecule has 0 aromatic carbocycles. The van der Waals surface area contributed by atoms with Gasteiger partial charge in [-0.15, -0.1) is 0 Å². The molecule has 1 aromatic rings. The van der Waals surface area contributed by atoms with E-state index in [4.69, 9.17) is 4.52 Å². The summed E-state index contributed by atoms with van der Waals surface area (Å²) in [5.41, 5.74) is 0. The maximum atomic E-state index is 13.0. The van der Waals surface area contributed by atoms with Gasteiger partial charge in [-0.2, -0.15) is 18.2 Å². The number of guanidine groups is 1. The Balaban J connectivity index is 1.89. The molecule has 2 N–H and O–H groups in total. The second-order valence-electron chi connectivity index (χ2n) is 6.96. The first-order valence-electron chi connectivity index (χ1n) is 9.23. The molecule has 0 spiro atoms. The minimum absolute atomic E-state index is 0.0926. The highest BCUT2D eigenvalue weighted by Crippen LogP contribution is 2.37. The summed E-state index contributed by atoms with van der Waals surface area (Å²) < 4.78 is 44.0. The molecule has 0 bridgehead atoms. The van der Waals surface area contributed by atoms with Crippen LogP contribution in [0.2, 0.25) is 0 Å². The van der Waals surface area contributed by atoms with E-state index in [9.17, 15) is 13.2 Å². The van der Waals surface area contributed by atoms with Crippen LogP contribution in [0.3, 0.4) is 0 Å². The Kier molecular flexibility index (Phi) is 7.28. The number of nitrogens with zero attached hydrogens (tertiary/aromatic N) is 3. The molecule has 2 rings (SSSR count). The predicted molar refractivity (Wildman–Crippen MR) is 93.0 cm³/mol. The van der Waals surface area contributed by atoms with Gasteiger partial charge in [0, 0.05) is 24.9 Å². The molecule has 1 heterocycles. The quantitative estimate of drug-likeness (QED) is 0.589. The molecule has 0 saturated heterocycles. The summed E-state index contributed by atoms with van der Waals surface area (Å²) in [6.45, 7) is 6.95. The lowest BCUT2D eigenvalue weighted by Gasteiger charge is -2.31. The monoisotopic (exact) mass is 375 g/mol. The van der Waals surface area contributed by atoms with Gasteiger partial charge in [0.1, 0.15) is 0 Å². The van der Waals surface area contributed by atoms with Gasteiger partial charge < -0.3 is 15.2 Å². The Bertz CT molecular complexity index is 585. The van der Waals surface area contributed by atoms with E-state index in [2.05, 4.69) is 25.8 Å². The first-order chi connectivity index (χ1) is 12.3. The molecule has 0 amide bonds. The minimum atomic E-state index is -4.12. The Labute approximate surface area is 152 Å². The maximum absolute atomic E-state index is 13.0. The third kappa shape index (κ3) is 6.17. The Morgan fingerprint density at radius 2 is 2.12 bits per heavy atom. The average Bonchev–Trinajstić information content (AvgIpc) is 3.04. The Morgan fingerprint density at radius 3 is 2.73 bits per heavy atom. The van der Waals surface area contributed by atoms with Gasteiger partial charge in [0.05, 0.1) is 12.5 Å². The Morgan fingerprint density at radius 1 is 1.35 bits per heavy atom. The van der Waals surface area contributed by atoms with Gasteiger partial charge in [0.2, 0.25) is 5.89 Å². The standard InChI is InChI=1S/C17H28F3N5O/c1-4-21-16(22-9-8-14-24-15(11(2)3)25-26-14)23-13-7-5-6-12(10-13)17(18,19)20/h11-13H,4-10H2,1-3H3,(H2,21,22,23). The van der Waals surface area contributed by atoms with Crippen molar-refractivity contribution in [2.24, 2.45) is 10.9 Å². The van der Waals surface area contributed by atoms with Gasteiger partial charge in [-0.05, 0) is 26.2 Å². The zero-order chi connectivity index (χ0) is 19.2.